The van der Waals surface area contributed by atoms with E-state index < -0.39 is 22.0 Å². The van der Waals surface area contributed by atoms with E-state index in [0.717, 1.165) is 11.1 Å². The Labute approximate surface area is 199 Å². The number of carbonyl (C=O) groups excluding carboxylic acids is 2. The van der Waals surface area contributed by atoms with Gasteiger partial charge in [0, 0.05) is 17.8 Å². The summed E-state index contributed by atoms with van der Waals surface area (Å²) >= 11 is 0. The molecular formula is C26H26N2O5S. The SMILES string of the molecule is CCOc1ccc(S(=O)(=O)N2Cc3ccccc3CC2C(=O)Nc2ccc(C(C)=O)cc2)cc1. The van der Waals surface area contributed by atoms with E-state index >= 15 is 0 Å². The van der Waals surface area contributed by atoms with Crippen LogP contribution in [0.15, 0.2) is 77.7 Å². The first-order valence-electron chi connectivity index (χ1n) is 11.0. The van der Waals surface area contributed by atoms with Crippen LogP contribution in [-0.2, 0) is 27.8 Å². The number of carbonyl (C=O) groups is 2. The summed E-state index contributed by atoms with van der Waals surface area (Å²) in [6.07, 6.45) is 0.254. The van der Waals surface area contributed by atoms with Crippen molar-refractivity contribution in [2.45, 2.75) is 37.8 Å². The van der Waals surface area contributed by atoms with E-state index in [1.807, 2.05) is 31.2 Å². The minimum atomic E-state index is -3.97. The number of hydrogen-bond acceptors (Lipinski definition) is 5. The minimum Gasteiger partial charge on any atom is -0.494 e. The molecule has 1 aliphatic rings. The number of nitrogens with one attached hydrogen (secondary N) is 1. The highest BCUT2D eigenvalue weighted by Gasteiger charge is 2.39. The molecule has 0 aliphatic carbocycles. The van der Waals surface area contributed by atoms with Gasteiger partial charge in [0.1, 0.15) is 11.8 Å². The number of benzene rings is 3. The number of nitrogens with zero attached hydrogens (tertiary/aromatic N) is 1. The second kappa shape index (κ2) is 9.79. The molecule has 4 rings (SSSR count). The Bertz CT molecular complexity index is 1300. The van der Waals surface area contributed by atoms with Crippen molar-refractivity contribution >= 4 is 27.4 Å². The van der Waals surface area contributed by atoms with Crippen LogP contribution in [0.25, 0.3) is 0 Å². The summed E-state index contributed by atoms with van der Waals surface area (Å²) in [5.41, 5.74) is 2.83. The number of sulfonamides is 1. The second-order valence-corrected chi connectivity index (χ2v) is 9.96. The van der Waals surface area contributed by atoms with Crippen molar-refractivity contribution in [2.75, 3.05) is 11.9 Å². The number of Topliss-reactive ketones (excluding diaryl/α,β-unsaturated/α-hetero) is 1. The van der Waals surface area contributed by atoms with Crippen LogP contribution in [-0.4, -0.2) is 37.1 Å². The van der Waals surface area contributed by atoms with Crippen molar-refractivity contribution in [1.82, 2.24) is 4.31 Å². The molecule has 0 saturated heterocycles. The van der Waals surface area contributed by atoms with Crippen LogP contribution in [0.2, 0.25) is 0 Å². The van der Waals surface area contributed by atoms with Crippen molar-refractivity contribution < 1.29 is 22.7 Å². The first kappa shape index (κ1) is 23.7. The summed E-state index contributed by atoms with van der Waals surface area (Å²) in [5.74, 6) is 0.0720. The van der Waals surface area contributed by atoms with E-state index in [-0.39, 0.29) is 23.6 Å². The van der Waals surface area contributed by atoms with Gasteiger partial charge in [-0.2, -0.15) is 4.31 Å². The lowest BCUT2D eigenvalue weighted by Gasteiger charge is -2.35. The fourth-order valence-electron chi connectivity index (χ4n) is 4.00. The molecule has 1 atom stereocenters. The summed E-state index contributed by atoms with van der Waals surface area (Å²) in [7, 11) is -3.97. The molecule has 0 bridgehead atoms. The van der Waals surface area contributed by atoms with Crippen LogP contribution < -0.4 is 10.1 Å². The molecule has 0 saturated carbocycles. The lowest BCUT2D eigenvalue weighted by Crippen LogP contribution is -2.50. The molecule has 3 aromatic rings. The average Bonchev–Trinajstić information content (AvgIpc) is 2.84. The zero-order valence-corrected chi connectivity index (χ0v) is 19.8. The van der Waals surface area contributed by atoms with Crippen LogP contribution >= 0.6 is 0 Å². The summed E-state index contributed by atoms with van der Waals surface area (Å²) in [6, 6.07) is 19.3. The Kier molecular flexibility index (Phi) is 6.81. The van der Waals surface area contributed by atoms with Crippen molar-refractivity contribution in [3.05, 3.63) is 89.5 Å². The summed E-state index contributed by atoms with van der Waals surface area (Å²) in [4.78, 5) is 24.9. The largest absolute Gasteiger partial charge is 0.494 e. The molecule has 0 spiro atoms. The second-order valence-electron chi connectivity index (χ2n) is 8.07. The average molecular weight is 479 g/mol. The van der Waals surface area contributed by atoms with E-state index in [0.29, 0.717) is 23.6 Å². The Balaban J connectivity index is 1.65. The third-order valence-corrected chi connectivity index (χ3v) is 7.68. The first-order chi connectivity index (χ1) is 16.3. The van der Waals surface area contributed by atoms with Crippen LogP contribution in [0.3, 0.4) is 0 Å². The Morgan fingerprint density at radius 2 is 1.62 bits per heavy atom. The third-order valence-electron chi connectivity index (χ3n) is 5.81. The molecule has 1 amide bonds. The third kappa shape index (κ3) is 4.88. The predicted molar refractivity (Wildman–Crippen MR) is 129 cm³/mol. The lowest BCUT2D eigenvalue weighted by atomic mass is 9.95. The monoisotopic (exact) mass is 478 g/mol. The molecule has 0 radical (unpaired) electrons. The molecule has 1 N–H and O–H groups in total. The molecule has 3 aromatic carbocycles. The Morgan fingerprint density at radius 3 is 2.24 bits per heavy atom. The molecule has 0 aromatic heterocycles. The van der Waals surface area contributed by atoms with E-state index in [1.54, 1.807) is 36.4 Å². The molecule has 7 nitrogen and oxygen atoms in total. The number of amides is 1. The molecule has 1 unspecified atom stereocenters. The van der Waals surface area contributed by atoms with Gasteiger partial charge in [0.15, 0.2) is 5.78 Å². The van der Waals surface area contributed by atoms with Gasteiger partial charge in [-0.1, -0.05) is 24.3 Å². The number of ether oxygens (including phenoxy) is 1. The van der Waals surface area contributed by atoms with Gasteiger partial charge in [0.2, 0.25) is 15.9 Å². The Morgan fingerprint density at radius 1 is 0.971 bits per heavy atom. The highest BCUT2D eigenvalue weighted by molar-refractivity contribution is 7.89. The maximum absolute atomic E-state index is 13.6. The van der Waals surface area contributed by atoms with Gasteiger partial charge in [0.05, 0.1) is 11.5 Å². The van der Waals surface area contributed by atoms with Crippen molar-refractivity contribution in [3.8, 4) is 5.75 Å². The molecule has 8 heteroatoms. The smallest absolute Gasteiger partial charge is 0.244 e. The maximum Gasteiger partial charge on any atom is 0.244 e. The summed E-state index contributed by atoms with van der Waals surface area (Å²) in [6.45, 7) is 3.89. The number of anilines is 1. The summed E-state index contributed by atoms with van der Waals surface area (Å²) in [5, 5.41) is 2.81. The molecule has 1 heterocycles. The zero-order chi connectivity index (χ0) is 24.3. The maximum atomic E-state index is 13.6. The van der Waals surface area contributed by atoms with Crippen molar-refractivity contribution in [2.24, 2.45) is 0 Å². The first-order valence-corrected chi connectivity index (χ1v) is 12.5. The van der Waals surface area contributed by atoms with Crippen LogP contribution in [0.5, 0.6) is 5.75 Å². The normalized spacial score (nSPS) is 15.9. The number of fused-ring (bicyclic) bond motifs is 1. The fourth-order valence-corrected chi connectivity index (χ4v) is 5.56. The van der Waals surface area contributed by atoms with Crippen LogP contribution in [0, 0.1) is 0 Å². The molecular weight excluding hydrogens is 452 g/mol. The quantitative estimate of drug-likeness (QED) is 0.518. The van der Waals surface area contributed by atoms with Crippen molar-refractivity contribution in [3.63, 3.8) is 0 Å². The highest BCUT2D eigenvalue weighted by Crippen LogP contribution is 2.30. The van der Waals surface area contributed by atoms with Gasteiger partial charge in [-0.15, -0.1) is 0 Å². The predicted octanol–water partition coefficient (Wildman–Crippen LogP) is 4.04. The van der Waals surface area contributed by atoms with E-state index in [4.69, 9.17) is 4.74 Å². The summed E-state index contributed by atoms with van der Waals surface area (Å²) < 4.78 is 33.9. The number of hydrogen-bond donors (Lipinski definition) is 1. The highest BCUT2D eigenvalue weighted by atomic mass is 32.2. The number of rotatable bonds is 7. The van der Waals surface area contributed by atoms with Gasteiger partial charge < -0.3 is 10.1 Å². The minimum absolute atomic E-state index is 0.0746. The van der Waals surface area contributed by atoms with Gasteiger partial charge >= 0.3 is 0 Å². The molecule has 34 heavy (non-hydrogen) atoms. The van der Waals surface area contributed by atoms with E-state index in [1.165, 1.54) is 23.4 Å². The van der Waals surface area contributed by atoms with Crippen LogP contribution in [0.4, 0.5) is 5.69 Å². The van der Waals surface area contributed by atoms with E-state index in [9.17, 15) is 18.0 Å². The standard InChI is InChI=1S/C26H26N2O5S/c1-3-33-23-12-14-24(15-13-23)34(31,32)28-17-21-7-5-4-6-20(21)16-25(28)26(30)27-22-10-8-19(9-11-22)18(2)29/h4-15,25H,3,16-17H2,1-2H3,(H,27,30). The molecule has 176 valence electrons. The molecule has 0 fully saturated rings. The van der Waals surface area contributed by atoms with Gasteiger partial charge in [0.25, 0.3) is 0 Å². The van der Waals surface area contributed by atoms with E-state index in [2.05, 4.69) is 5.32 Å². The molecule has 1 aliphatic heterocycles. The Hall–Kier alpha value is -3.49. The van der Waals surface area contributed by atoms with Gasteiger partial charge in [-0.3, -0.25) is 9.59 Å². The zero-order valence-electron chi connectivity index (χ0n) is 19.0. The topological polar surface area (TPSA) is 92.8 Å². The van der Waals surface area contributed by atoms with Gasteiger partial charge in [-0.25, -0.2) is 8.42 Å². The van der Waals surface area contributed by atoms with Crippen LogP contribution in [0.1, 0.15) is 35.3 Å². The lowest BCUT2D eigenvalue weighted by molar-refractivity contribution is -0.120. The van der Waals surface area contributed by atoms with Crippen molar-refractivity contribution in [1.29, 1.82) is 0 Å². The number of ketones is 1. The fraction of sp³-hybridized carbons (Fsp3) is 0.231. The van der Waals surface area contributed by atoms with Gasteiger partial charge in [-0.05, 0) is 79.9 Å².